The van der Waals surface area contributed by atoms with Gasteiger partial charge in [0.15, 0.2) is 11.4 Å². The number of rotatable bonds is 5. The Balaban J connectivity index is 1.81. The summed E-state index contributed by atoms with van der Waals surface area (Å²) in [5, 5.41) is 47.9. The molecule has 11 heteroatoms. The quantitative estimate of drug-likeness (QED) is 0.305. The van der Waals surface area contributed by atoms with E-state index in [1.54, 1.807) is 14.1 Å². The van der Waals surface area contributed by atoms with Crippen molar-refractivity contribution in [2.75, 3.05) is 20.6 Å². The maximum absolute atomic E-state index is 13.7. The number of aliphatic hydroxyl groups excluding tert-OH is 2. The van der Waals surface area contributed by atoms with E-state index >= 15 is 0 Å². The van der Waals surface area contributed by atoms with Crippen LogP contribution in [-0.2, 0) is 22.6 Å². The number of aliphatic hydroxyl groups is 3. The molecule has 0 bridgehead atoms. The topological polar surface area (TPSA) is 186 Å². The number of hydrogen-bond donors (Lipinski definition) is 6. The van der Waals surface area contributed by atoms with Crippen LogP contribution < -0.4 is 11.1 Å². The van der Waals surface area contributed by atoms with E-state index in [-0.39, 0.29) is 47.4 Å². The van der Waals surface area contributed by atoms with Crippen molar-refractivity contribution < 1.29 is 34.8 Å². The van der Waals surface area contributed by atoms with Crippen LogP contribution in [-0.4, -0.2) is 80.1 Å². The van der Waals surface area contributed by atoms with Crippen molar-refractivity contribution in [3.8, 4) is 5.75 Å². The van der Waals surface area contributed by atoms with E-state index in [4.69, 9.17) is 5.73 Å². The number of Topliss-reactive ketones (excluding diaryl/α,β-unsaturated/α-hetero) is 2. The van der Waals surface area contributed by atoms with Gasteiger partial charge in [0, 0.05) is 30.8 Å². The number of aromatic hydroxyl groups is 1. The summed E-state index contributed by atoms with van der Waals surface area (Å²) in [6, 6.07) is -1.02. The molecular formula is C26H34N4O7. The number of hydrogen-bond acceptors (Lipinski definition) is 10. The van der Waals surface area contributed by atoms with Gasteiger partial charge >= 0.3 is 0 Å². The van der Waals surface area contributed by atoms with E-state index in [9.17, 15) is 34.8 Å². The Morgan fingerprint density at radius 2 is 1.89 bits per heavy atom. The number of nitrogens with two attached hydrogens (primary N) is 1. The molecule has 0 fully saturated rings. The van der Waals surface area contributed by atoms with Gasteiger partial charge < -0.3 is 31.5 Å². The molecule has 4 atom stereocenters. The minimum Gasteiger partial charge on any atom is -0.510 e. The van der Waals surface area contributed by atoms with Crippen LogP contribution in [0.1, 0.15) is 48.8 Å². The molecule has 3 aliphatic rings. The SMILES string of the molecule is CN(C)[C@@H]1C(O)=C(C(N)=O)C(=O)[C@@]2(O)C(O)=C3C(=O)c4c(cnc(CNCC(C)(C)C)c4O)C[C@H]3C[C@@H]12. The van der Waals surface area contributed by atoms with Crippen molar-refractivity contribution in [3.05, 3.63) is 45.7 Å². The lowest BCUT2D eigenvalue weighted by Gasteiger charge is -2.50. The smallest absolute Gasteiger partial charge is 0.255 e. The number of nitrogens with zero attached hydrogens (tertiary/aromatic N) is 2. The molecule has 3 aliphatic carbocycles. The first kappa shape index (κ1) is 26.8. The number of pyridine rings is 1. The number of carbonyl (C=O) groups is 3. The van der Waals surface area contributed by atoms with Crippen molar-refractivity contribution in [3.63, 3.8) is 0 Å². The Morgan fingerprint density at radius 1 is 1.24 bits per heavy atom. The monoisotopic (exact) mass is 514 g/mol. The Kier molecular flexibility index (Phi) is 6.46. The van der Waals surface area contributed by atoms with E-state index in [2.05, 4.69) is 10.3 Å². The zero-order valence-corrected chi connectivity index (χ0v) is 21.6. The standard InChI is InChI=1S/C26H34N4O7/c1-25(2,3)10-28-9-14-19(31)15-12(8-29-14)6-11-7-13-18(30(4)5)21(33)17(24(27)36)23(35)26(13,37)22(34)16(11)20(15)32/h8,11,13,18,28,31,33-34,37H,6-7,9-10H2,1-5H3,(H2,27,36)/t11-,13-,18-,26-/m0/s1. The first-order valence-electron chi connectivity index (χ1n) is 12.2. The third-order valence-electron chi connectivity index (χ3n) is 7.49. The van der Waals surface area contributed by atoms with Crippen LogP contribution in [0.4, 0.5) is 0 Å². The summed E-state index contributed by atoms with van der Waals surface area (Å²) in [5.74, 6) is -6.70. The van der Waals surface area contributed by atoms with Gasteiger partial charge in [-0.3, -0.25) is 24.3 Å². The summed E-state index contributed by atoms with van der Waals surface area (Å²) in [4.78, 5) is 44.9. The summed E-state index contributed by atoms with van der Waals surface area (Å²) in [7, 11) is 3.18. The second-order valence-corrected chi connectivity index (χ2v) is 11.6. The number of carbonyl (C=O) groups excluding carboxylic acids is 3. The molecule has 0 aliphatic heterocycles. The number of allylic oxidation sites excluding steroid dienone is 1. The molecule has 0 aromatic carbocycles. The minimum atomic E-state index is -2.65. The average Bonchev–Trinajstić information content (AvgIpc) is 2.76. The van der Waals surface area contributed by atoms with E-state index in [1.807, 2.05) is 20.8 Å². The second-order valence-electron chi connectivity index (χ2n) is 11.6. The number of fused-ring (bicyclic) bond motifs is 3. The Labute approximate surface area is 214 Å². The van der Waals surface area contributed by atoms with Crippen LogP contribution >= 0.6 is 0 Å². The normalized spacial score (nSPS) is 27.8. The fourth-order valence-corrected chi connectivity index (χ4v) is 5.84. The molecule has 0 spiro atoms. The van der Waals surface area contributed by atoms with Crippen molar-refractivity contribution in [1.29, 1.82) is 0 Å². The highest BCUT2D eigenvalue weighted by atomic mass is 16.3. The largest absolute Gasteiger partial charge is 0.510 e. The Bertz CT molecular complexity index is 1260. The van der Waals surface area contributed by atoms with E-state index < -0.39 is 58.0 Å². The van der Waals surface area contributed by atoms with Crippen LogP contribution in [0.2, 0.25) is 0 Å². The number of likely N-dealkylation sites (N-methyl/N-ethyl adjacent to an activating group) is 1. The van der Waals surface area contributed by atoms with Crippen molar-refractivity contribution in [2.45, 2.75) is 51.8 Å². The second kappa shape index (κ2) is 8.93. The van der Waals surface area contributed by atoms with Gasteiger partial charge in [-0.05, 0) is 43.8 Å². The third kappa shape index (κ3) is 4.11. The van der Waals surface area contributed by atoms with Gasteiger partial charge in [-0.15, -0.1) is 0 Å². The number of nitrogens with one attached hydrogen (secondary N) is 1. The molecule has 37 heavy (non-hydrogen) atoms. The average molecular weight is 515 g/mol. The minimum absolute atomic E-state index is 0.0127. The molecule has 11 nitrogen and oxygen atoms in total. The van der Waals surface area contributed by atoms with Crippen LogP contribution in [0.25, 0.3) is 0 Å². The lowest BCUT2D eigenvalue weighted by atomic mass is 9.58. The molecule has 1 aromatic heterocycles. The molecular weight excluding hydrogens is 480 g/mol. The molecule has 1 aromatic rings. The highest BCUT2D eigenvalue weighted by molar-refractivity contribution is 6.24. The van der Waals surface area contributed by atoms with Crippen molar-refractivity contribution in [2.24, 2.45) is 23.0 Å². The molecule has 1 heterocycles. The lowest BCUT2D eigenvalue weighted by Crippen LogP contribution is -2.63. The van der Waals surface area contributed by atoms with Crippen LogP contribution in [0.3, 0.4) is 0 Å². The van der Waals surface area contributed by atoms with Crippen LogP contribution in [0.5, 0.6) is 5.75 Å². The first-order chi connectivity index (χ1) is 17.1. The van der Waals surface area contributed by atoms with Gasteiger partial charge in [0.05, 0.1) is 17.3 Å². The van der Waals surface area contributed by atoms with Gasteiger partial charge in [-0.1, -0.05) is 20.8 Å². The van der Waals surface area contributed by atoms with Gasteiger partial charge in [0.25, 0.3) is 5.91 Å². The Hall–Kier alpha value is -3.28. The molecule has 0 radical (unpaired) electrons. The summed E-state index contributed by atoms with van der Waals surface area (Å²) >= 11 is 0. The number of primary amides is 1. The van der Waals surface area contributed by atoms with Crippen LogP contribution in [0.15, 0.2) is 28.9 Å². The van der Waals surface area contributed by atoms with Crippen LogP contribution in [0, 0.1) is 17.3 Å². The van der Waals surface area contributed by atoms with E-state index in [1.165, 1.54) is 11.1 Å². The number of aromatic nitrogens is 1. The predicted molar refractivity (Wildman–Crippen MR) is 133 cm³/mol. The highest BCUT2D eigenvalue weighted by Gasteiger charge is 2.63. The van der Waals surface area contributed by atoms with Gasteiger partial charge in [-0.25, -0.2) is 0 Å². The summed E-state index contributed by atoms with van der Waals surface area (Å²) < 4.78 is 0. The zero-order chi connectivity index (χ0) is 27.6. The van der Waals surface area contributed by atoms with Gasteiger partial charge in [-0.2, -0.15) is 0 Å². The first-order valence-corrected chi connectivity index (χ1v) is 12.2. The molecule has 7 N–H and O–H groups in total. The fraction of sp³-hybridized carbons (Fsp3) is 0.538. The highest BCUT2D eigenvalue weighted by Crippen LogP contribution is 2.52. The molecule has 0 saturated heterocycles. The van der Waals surface area contributed by atoms with Gasteiger partial charge in [0.2, 0.25) is 5.78 Å². The molecule has 200 valence electrons. The summed E-state index contributed by atoms with van der Waals surface area (Å²) in [6.45, 7) is 6.99. The maximum Gasteiger partial charge on any atom is 0.255 e. The van der Waals surface area contributed by atoms with Crippen molar-refractivity contribution >= 4 is 17.5 Å². The Morgan fingerprint density at radius 3 is 2.46 bits per heavy atom. The van der Waals surface area contributed by atoms with Crippen molar-refractivity contribution in [1.82, 2.24) is 15.2 Å². The molecule has 0 saturated carbocycles. The lowest BCUT2D eigenvalue weighted by molar-refractivity contribution is -0.148. The zero-order valence-electron chi connectivity index (χ0n) is 21.6. The number of amides is 1. The predicted octanol–water partition coefficient (Wildman–Crippen LogP) is 0.651. The number of ketones is 2. The third-order valence-corrected chi connectivity index (χ3v) is 7.49. The summed E-state index contributed by atoms with van der Waals surface area (Å²) in [6.07, 6.45) is 1.78. The fourth-order valence-electron chi connectivity index (χ4n) is 5.84. The van der Waals surface area contributed by atoms with E-state index in [0.717, 1.165) is 0 Å². The summed E-state index contributed by atoms with van der Waals surface area (Å²) in [5.41, 5.74) is 2.37. The van der Waals surface area contributed by atoms with Gasteiger partial charge in [0.1, 0.15) is 22.8 Å². The maximum atomic E-state index is 13.7. The molecule has 4 rings (SSSR count). The van der Waals surface area contributed by atoms with E-state index in [0.29, 0.717) is 12.1 Å². The molecule has 0 unspecified atom stereocenters. The molecule has 1 amide bonds.